The lowest BCUT2D eigenvalue weighted by molar-refractivity contribution is 0.459. The Kier molecular flexibility index (Phi) is 3.82. The maximum atomic E-state index is 6.04. The second-order valence-corrected chi connectivity index (χ2v) is 4.19. The maximum absolute atomic E-state index is 6.04. The van der Waals surface area contributed by atoms with Crippen LogP contribution in [0, 0.1) is 6.92 Å². The Morgan fingerprint density at radius 3 is 2.65 bits per heavy atom. The number of rotatable bonds is 3. The zero-order valence-electron chi connectivity index (χ0n) is 9.15. The summed E-state index contributed by atoms with van der Waals surface area (Å²) >= 11 is 11.7. The molecule has 0 radical (unpaired) electrons. The number of aryl methyl sites for hydroxylation is 1. The minimum Gasteiger partial charge on any atom is -0.436 e. The highest BCUT2D eigenvalue weighted by Gasteiger charge is 2.04. The van der Waals surface area contributed by atoms with Gasteiger partial charge in [0.05, 0.1) is 29.0 Å². The topological polar surface area (TPSA) is 35.0 Å². The quantitative estimate of drug-likeness (QED) is 0.791. The van der Waals surface area contributed by atoms with Gasteiger partial charge in [-0.15, -0.1) is 11.6 Å². The normalized spacial score (nSPS) is 10.3. The van der Waals surface area contributed by atoms with E-state index >= 15 is 0 Å². The average Bonchev–Trinajstić information content (AvgIpc) is 2.34. The molecule has 17 heavy (non-hydrogen) atoms. The molecule has 5 heteroatoms. The van der Waals surface area contributed by atoms with E-state index in [1.54, 1.807) is 12.3 Å². The molecular weight excluding hydrogens is 259 g/mol. The molecular formula is C12H10Cl2N2O. The zero-order chi connectivity index (χ0) is 12.3. The Bertz CT molecular complexity index is 514. The molecule has 0 aliphatic carbocycles. The smallest absolute Gasteiger partial charge is 0.237 e. The third kappa shape index (κ3) is 3.08. The molecule has 0 aliphatic rings. The summed E-state index contributed by atoms with van der Waals surface area (Å²) in [6.45, 7) is 1.96. The van der Waals surface area contributed by atoms with Crippen LogP contribution in [0.25, 0.3) is 0 Å². The highest BCUT2D eigenvalue weighted by molar-refractivity contribution is 6.32. The number of hydrogen-bond donors (Lipinski definition) is 0. The minimum absolute atomic E-state index is 0.332. The van der Waals surface area contributed by atoms with Gasteiger partial charge in [0.1, 0.15) is 5.75 Å². The molecule has 1 aromatic carbocycles. The molecule has 0 spiro atoms. The fourth-order valence-corrected chi connectivity index (χ4v) is 1.68. The first-order chi connectivity index (χ1) is 8.19. The third-order valence-corrected chi connectivity index (χ3v) is 2.69. The fourth-order valence-electron chi connectivity index (χ4n) is 1.27. The molecule has 3 nitrogen and oxygen atoms in total. The van der Waals surface area contributed by atoms with Crippen LogP contribution in [0.3, 0.4) is 0 Å². The summed E-state index contributed by atoms with van der Waals surface area (Å²) in [4.78, 5) is 8.16. The SMILES string of the molecule is Cc1ccc(Oc2cnc(CCl)cn2)c(Cl)c1. The summed E-state index contributed by atoms with van der Waals surface area (Å²) in [5.41, 5.74) is 1.78. The Morgan fingerprint density at radius 2 is 2.06 bits per heavy atom. The van der Waals surface area contributed by atoms with Crippen LogP contribution in [0.15, 0.2) is 30.6 Å². The molecule has 0 aliphatic heterocycles. The van der Waals surface area contributed by atoms with Crippen LogP contribution in [0.2, 0.25) is 5.02 Å². The Hall–Kier alpha value is -1.32. The third-order valence-electron chi connectivity index (χ3n) is 2.12. The molecule has 0 amide bonds. The van der Waals surface area contributed by atoms with Crippen molar-refractivity contribution in [2.24, 2.45) is 0 Å². The van der Waals surface area contributed by atoms with Crippen LogP contribution in [0.5, 0.6) is 11.6 Å². The number of nitrogens with zero attached hydrogens (tertiary/aromatic N) is 2. The summed E-state index contributed by atoms with van der Waals surface area (Å²) in [6.07, 6.45) is 3.10. The van der Waals surface area contributed by atoms with Gasteiger partial charge < -0.3 is 4.74 Å². The molecule has 2 rings (SSSR count). The van der Waals surface area contributed by atoms with Gasteiger partial charge in [-0.2, -0.15) is 0 Å². The van der Waals surface area contributed by atoms with Gasteiger partial charge in [0.15, 0.2) is 0 Å². The Morgan fingerprint density at radius 1 is 1.24 bits per heavy atom. The van der Waals surface area contributed by atoms with Crippen molar-refractivity contribution in [3.05, 3.63) is 46.9 Å². The predicted octanol–water partition coefficient (Wildman–Crippen LogP) is 3.97. The van der Waals surface area contributed by atoms with E-state index in [2.05, 4.69) is 9.97 Å². The van der Waals surface area contributed by atoms with Gasteiger partial charge >= 0.3 is 0 Å². The standard InChI is InChI=1S/C12H10Cl2N2O/c1-8-2-3-11(10(14)4-8)17-12-7-15-9(5-13)6-16-12/h2-4,6-7H,5H2,1H3. The summed E-state index contributed by atoms with van der Waals surface area (Å²) < 4.78 is 5.51. The molecule has 2 aromatic rings. The molecule has 0 N–H and O–H groups in total. The molecule has 1 heterocycles. The molecule has 0 bridgehead atoms. The van der Waals surface area contributed by atoms with Crippen molar-refractivity contribution in [1.82, 2.24) is 9.97 Å². The monoisotopic (exact) mass is 268 g/mol. The summed E-state index contributed by atoms with van der Waals surface area (Å²) in [7, 11) is 0. The van der Waals surface area contributed by atoms with Crippen LogP contribution in [0.4, 0.5) is 0 Å². The molecule has 0 atom stereocenters. The van der Waals surface area contributed by atoms with E-state index in [9.17, 15) is 0 Å². The average molecular weight is 269 g/mol. The molecule has 0 saturated heterocycles. The number of benzene rings is 1. The molecule has 88 valence electrons. The lowest BCUT2D eigenvalue weighted by Crippen LogP contribution is -1.92. The Labute approximate surface area is 109 Å². The Balaban J connectivity index is 2.19. The number of alkyl halides is 1. The van der Waals surface area contributed by atoms with Crippen molar-refractivity contribution < 1.29 is 4.74 Å². The minimum atomic E-state index is 0.332. The van der Waals surface area contributed by atoms with Gasteiger partial charge in [-0.05, 0) is 24.6 Å². The summed E-state index contributed by atoms with van der Waals surface area (Å²) in [5.74, 6) is 1.29. The number of hydrogen-bond acceptors (Lipinski definition) is 3. The first-order valence-corrected chi connectivity index (χ1v) is 5.91. The highest BCUT2D eigenvalue weighted by atomic mass is 35.5. The van der Waals surface area contributed by atoms with Crippen molar-refractivity contribution in [3.8, 4) is 11.6 Å². The molecule has 1 aromatic heterocycles. The van der Waals surface area contributed by atoms with Crippen molar-refractivity contribution in [2.45, 2.75) is 12.8 Å². The van der Waals surface area contributed by atoms with Crippen molar-refractivity contribution in [3.63, 3.8) is 0 Å². The zero-order valence-corrected chi connectivity index (χ0v) is 10.7. The number of ether oxygens (including phenoxy) is 1. The van der Waals surface area contributed by atoms with Gasteiger partial charge in [0.2, 0.25) is 5.88 Å². The van der Waals surface area contributed by atoms with Gasteiger partial charge in [-0.25, -0.2) is 4.98 Å². The molecule has 0 fully saturated rings. The predicted molar refractivity (Wildman–Crippen MR) is 67.9 cm³/mol. The van der Waals surface area contributed by atoms with Crippen molar-refractivity contribution in [1.29, 1.82) is 0 Å². The number of aromatic nitrogens is 2. The number of halogens is 2. The lowest BCUT2D eigenvalue weighted by Gasteiger charge is -2.06. The van der Waals surface area contributed by atoms with Crippen LogP contribution >= 0.6 is 23.2 Å². The first-order valence-electron chi connectivity index (χ1n) is 5.00. The summed E-state index contributed by atoms with van der Waals surface area (Å²) in [5, 5.41) is 0.549. The van der Waals surface area contributed by atoms with E-state index in [-0.39, 0.29) is 0 Å². The largest absolute Gasteiger partial charge is 0.436 e. The second kappa shape index (κ2) is 5.34. The lowest BCUT2D eigenvalue weighted by atomic mass is 10.2. The molecule has 0 unspecified atom stereocenters. The molecule has 0 saturated carbocycles. The maximum Gasteiger partial charge on any atom is 0.237 e. The van der Waals surface area contributed by atoms with Gasteiger partial charge in [-0.1, -0.05) is 17.7 Å². The fraction of sp³-hybridized carbons (Fsp3) is 0.167. The van der Waals surface area contributed by atoms with Gasteiger partial charge in [0, 0.05) is 0 Å². The van der Waals surface area contributed by atoms with E-state index < -0.39 is 0 Å². The van der Waals surface area contributed by atoms with Crippen LogP contribution in [-0.4, -0.2) is 9.97 Å². The van der Waals surface area contributed by atoms with Crippen LogP contribution < -0.4 is 4.74 Å². The van der Waals surface area contributed by atoms with E-state index in [1.165, 1.54) is 6.20 Å². The van der Waals surface area contributed by atoms with Crippen LogP contribution in [0.1, 0.15) is 11.3 Å². The van der Waals surface area contributed by atoms with E-state index in [1.807, 2.05) is 19.1 Å². The van der Waals surface area contributed by atoms with Gasteiger partial charge in [-0.3, -0.25) is 4.98 Å². The van der Waals surface area contributed by atoms with Crippen molar-refractivity contribution in [2.75, 3.05) is 0 Å². The van der Waals surface area contributed by atoms with Crippen LogP contribution in [-0.2, 0) is 5.88 Å². The summed E-state index contributed by atoms with van der Waals surface area (Å²) in [6, 6.07) is 5.55. The van der Waals surface area contributed by atoms with Gasteiger partial charge in [0.25, 0.3) is 0 Å². The first kappa shape index (κ1) is 12.1. The van der Waals surface area contributed by atoms with Crippen molar-refractivity contribution >= 4 is 23.2 Å². The van der Waals surface area contributed by atoms with E-state index in [0.29, 0.717) is 28.2 Å². The highest BCUT2D eigenvalue weighted by Crippen LogP contribution is 2.28. The second-order valence-electron chi connectivity index (χ2n) is 3.52. The van der Waals surface area contributed by atoms with E-state index in [4.69, 9.17) is 27.9 Å². The van der Waals surface area contributed by atoms with E-state index in [0.717, 1.165) is 5.56 Å².